The van der Waals surface area contributed by atoms with Gasteiger partial charge in [0.05, 0.1) is 12.2 Å². The molecule has 1 aromatic heterocycles. The number of amides is 1. The van der Waals surface area contributed by atoms with Crippen LogP contribution < -0.4 is 5.32 Å². The summed E-state index contributed by atoms with van der Waals surface area (Å²) in [6.45, 7) is 5.80. The lowest BCUT2D eigenvalue weighted by Crippen LogP contribution is -2.40. The van der Waals surface area contributed by atoms with Crippen LogP contribution in [0, 0.1) is 12.3 Å². The number of aromatic nitrogens is 1. The lowest BCUT2D eigenvalue weighted by atomic mass is 9.96. The summed E-state index contributed by atoms with van der Waals surface area (Å²) in [5.41, 5.74) is 3.00. The summed E-state index contributed by atoms with van der Waals surface area (Å²) in [4.78, 5) is 28.9. The molecular formula is C30H32F3N3O3. The molecule has 1 aliphatic heterocycles. The van der Waals surface area contributed by atoms with Crippen LogP contribution in [0.5, 0.6) is 0 Å². The molecule has 5 rings (SSSR count). The van der Waals surface area contributed by atoms with Crippen LogP contribution >= 0.6 is 0 Å². The van der Waals surface area contributed by atoms with Crippen LogP contribution in [0.4, 0.5) is 19.0 Å². The van der Waals surface area contributed by atoms with E-state index in [-0.39, 0.29) is 17.4 Å². The molecule has 1 aliphatic carbocycles. The van der Waals surface area contributed by atoms with Gasteiger partial charge in [0.15, 0.2) is 0 Å². The lowest BCUT2D eigenvalue weighted by Gasteiger charge is -2.26. The molecule has 1 amide bonds. The fourth-order valence-electron chi connectivity index (χ4n) is 4.94. The molecule has 1 atom stereocenters. The second kappa shape index (κ2) is 11.9. The molecule has 9 heteroatoms. The zero-order chi connectivity index (χ0) is 28.0. The third-order valence-corrected chi connectivity index (χ3v) is 7.17. The van der Waals surface area contributed by atoms with Crippen molar-refractivity contribution in [3.05, 3.63) is 83.6 Å². The van der Waals surface area contributed by atoms with Crippen LogP contribution in [0.15, 0.2) is 66.9 Å². The van der Waals surface area contributed by atoms with Gasteiger partial charge in [-0.3, -0.25) is 9.59 Å². The predicted molar refractivity (Wildman–Crippen MR) is 143 cm³/mol. The molecule has 6 nitrogen and oxygen atoms in total. The van der Waals surface area contributed by atoms with Gasteiger partial charge < -0.3 is 15.0 Å². The highest BCUT2D eigenvalue weighted by atomic mass is 19.4. The second-order valence-corrected chi connectivity index (χ2v) is 10.1. The van der Waals surface area contributed by atoms with Gasteiger partial charge >= 0.3 is 6.18 Å². The van der Waals surface area contributed by atoms with Crippen molar-refractivity contribution in [3.63, 3.8) is 0 Å². The molecule has 1 N–H and O–H groups in total. The zero-order valence-electron chi connectivity index (χ0n) is 22.0. The van der Waals surface area contributed by atoms with Crippen molar-refractivity contribution < 1.29 is 27.5 Å². The normalized spacial score (nSPS) is 17.3. The Hall–Kier alpha value is -3.88. The van der Waals surface area contributed by atoms with Crippen molar-refractivity contribution in [2.75, 3.05) is 25.0 Å². The highest BCUT2D eigenvalue weighted by Gasteiger charge is 2.53. The Labute approximate surface area is 226 Å². The molecule has 2 heterocycles. The zero-order valence-corrected chi connectivity index (χ0v) is 22.0. The topological polar surface area (TPSA) is 71.5 Å². The molecule has 1 saturated carbocycles. The van der Waals surface area contributed by atoms with Crippen LogP contribution in [-0.2, 0) is 15.7 Å². The van der Waals surface area contributed by atoms with Gasteiger partial charge in [0.2, 0.25) is 0 Å². The van der Waals surface area contributed by atoms with Crippen LogP contribution in [0.3, 0.4) is 0 Å². The smallest absolute Gasteiger partial charge is 0.417 e. The average molecular weight is 540 g/mol. The molecule has 206 valence electrons. The van der Waals surface area contributed by atoms with Crippen LogP contribution in [0.1, 0.15) is 47.7 Å². The van der Waals surface area contributed by atoms with E-state index in [1.807, 2.05) is 60.4 Å². The second-order valence-electron chi connectivity index (χ2n) is 10.1. The van der Waals surface area contributed by atoms with Gasteiger partial charge in [-0.2, -0.15) is 13.2 Å². The van der Waals surface area contributed by atoms with E-state index < -0.39 is 11.7 Å². The first kappa shape index (κ1) is 28.1. The van der Waals surface area contributed by atoms with Crippen molar-refractivity contribution in [1.82, 2.24) is 9.88 Å². The van der Waals surface area contributed by atoms with Gasteiger partial charge in [0.25, 0.3) is 12.4 Å². The number of carbonyl (C=O) groups is 2. The maximum Gasteiger partial charge on any atom is 0.417 e. The average Bonchev–Trinajstić information content (AvgIpc) is 3.59. The summed E-state index contributed by atoms with van der Waals surface area (Å²) in [6, 6.07) is 18.2. The van der Waals surface area contributed by atoms with Gasteiger partial charge in [-0.15, -0.1) is 0 Å². The lowest BCUT2D eigenvalue weighted by molar-refractivity contribution is -0.137. The minimum atomic E-state index is -4.41. The summed E-state index contributed by atoms with van der Waals surface area (Å²) >= 11 is 0. The largest absolute Gasteiger partial charge is 0.468 e. The number of halogens is 3. The number of hydrogen-bond acceptors (Lipinski definition) is 5. The molecule has 39 heavy (non-hydrogen) atoms. The fourth-order valence-corrected chi connectivity index (χ4v) is 4.94. The third-order valence-electron chi connectivity index (χ3n) is 7.17. The Morgan fingerprint density at radius 3 is 2.46 bits per heavy atom. The Morgan fingerprint density at radius 2 is 1.90 bits per heavy atom. The number of rotatable bonds is 7. The molecule has 0 bridgehead atoms. The number of alkyl halides is 3. The molecule has 2 aliphatic rings. The molecule has 2 aromatic carbocycles. The maximum absolute atomic E-state index is 13.8. The van der Waals surface area contributed by atoms with E-state index in [1.54, 1.807) is 6.92 Å². The van der Waals surface area contributed by atoms with E-state index in [1.165, 1.54) is 6.07 Å². The van der Waals surface area contributed by atoms with E-state index in [4.69, 9.17) is 0 Å². The van der Waals surface area contributed by atoms with Gasteiger partial charge in [0, 0.05) is 30.9 Å². The number of aryl methyl sites for hydroxylation is 1. The van der Waals surface area contributed by atoms with Crippen molar-refractivity contribution in [3.8, 4) is 11.1 Å². The van der Waals surface area contributed by atoms with Crippen molar-refractivity contribution in [2.24, 2.45) is 5.41 Å². The Kier molecular flexibility index (Phi) is 8.57. The summed E-state index contributed by atoms with van der Waals surface area (Å²) in [5.74, 6) is 0.371. The number of anilines is 1. The van der Waals surface area contributed by atoms with Gasteiger partial charge in [-0.1, -0.05) is 48.0 Å². The predicted octanol–water partition coefficient (Wildman–Crippen LogP) is 6.36. The molecule has 0 unspecified atom stereocenters. The number of carbonyl (C=O) groups excluding carboxylic acids is 2. The summed E-state index contributed by atoms with van der Waals surface area (Å²) < 4.78 is 42.6. The summed E-state index contributed by atoms with van der Waals surface area (Å²) in [6.07, 6.45) is -0.487. The van der Waals surface area contributed by atoms with E-state index in [0.29, 0.717) is 37.5 Å². The van der Waals surface area contributed by atoms with Crippen LogP contribution in [0.25, 0.3) is 11.1 Å². The third kappa shape index (κ3) is 6.96. The van der Waals surface area contributed by atoms with E-state index in [0.717, 1.165) is 48.2 Å². The van der Waals surface area contributed by atoms with Crippen LogP contribution in [0.2, 0.25) is 0 Å². The summed E-state index contributed by atoms with van der Waals surface area (Å²) in [7, 11) is 0. The van der Waals surface area contributed by atoms with Crippen molar-refractivity contribution in [2.45, 2.75) is 45.3 Å². The monoisotopic (exact) mass is 539 g/mol. The minimum Gasteiger partial charge on any atom is -0.468 e. The molecule has 1 saturated heterocycles. The van der Waals surface area contributed by atoms with Crippen molar-refractivity contribution in [1.29, 1.82) is 0 Å². The quantitative estimate of drug-likeness (QED) is 0.354. The molecule has 0 radical (unpaired) electrons. The Bertz CT molecular complexity index is 1280. The van der Waals surface area contributed by atoms with E-state index >= 15 is 0 Å². The number of benzene rings is 2. The van der Waals surface area contributed by atoms with Crippen LogP contribution in [-0.4, -0.2) is 48.0 Å². The number of likely N-dealkylation sites (tertiary alicyclic amines) is 1. The molecule has 2 fully saturated rings. The van der Waals surface area contributed by atoms with E-state index in [2.05, 4.69) is 15.0 Å². The highest BCUT2D eigenvalue weighted by Crippen LogP contribution is 2.55. The van der Waals surface area contributed by atoms with Gasteiger partial charge in [-0.25, -0.2) is 4.98 Å². The molecule has 3 aromatic rings. The first-order chi connectivity index (χ1) is 18.7. The molecular weight excluding hydrogens is 507 g/mol. The number of hydrogen-bond donors (Lipinski definition) is 1. The first-order valence-corrected chi connectivity index (χ1v) is 13.0. The Morgan fingerprint density at radius 1 is 1.15 bits per heavy atom. The number of nitrogens with zero attached hydrogens (tertiary/aromatic N) is 2. The number of pyridine rings is 1. The Balaban J connectivity index is 0.000000648. The number of ether oxygens (including phenoxy) is 1. The SMILES string of the molecule is CCOC=O.Cc1ccc(-c2ccccc2)c(C(=O)N2CC3(CC3)C[C@H]2CNc2ccc(C(F)(F)F)cn2)c1. The van der Waals surface area contributed by atoms with Gasteiger partial charge in [0.1, 0.15) is 5.82 Å². The van der Waals surface area contributed by atoms with Gasteiger partial charge in [-0.05, 0) is 67.9 Å². The van der Waals surface area contributed by atoms with Crippen molar-refractivity contribution >= 4 is 18.2 Å². The first-order valence-electron chi connectivity index (χ1n) is 13.0. The maximum atomic E-state index is 13.8. The minimum absolute atomic E-state index is 0.00138. The highest BCUT2D eigenvalue weighted by molar-refractivity contribution is 6.01. The molecule has 1 spiro atoms. The number of nitrogens with one attached hydrogen (secondary N) is 1. The summed E-state index contributed by atoms with van der Waals surface area (Å²) in [5, 5.41) is 3.15. The fraction of sp³-hybridized carbons (Fsp3) is 0.367. The standard InChI is InChI=1S/C27H26F3N3O.C3H6O2/c1-18-7-9-22(19-5-3-2-4-6-19)23(13-18)25(34)33-17-26(11-12-26)14-21(33)16-32-24-10-8-20(15-31-24)27(28,29)30;1-2-5-3-4/h2-10,13,15,21H,11-12,14,16-17H2,1H3,(H,31,32);3H,2H2,1H3/t21-;/m0./s1. The van der Waals surface area contributed by atoms with E-state index in [9.17, 15) is 22.8 Å².